The molecule has 0 saturated carbocycles. The van der Waals surface area contributed by atoms with Crippen LogP contribution in [-0.4, -0.2) is 21.3 Å². The average Bonchev–Trinajstić information content (AvgIpc) is 2.83. The van der Waals surface area contributed by atoms with Gasteiger partial charge in [0.05, 0.1) is 6.54 Å². The molecule has 4 nitrogen and oxygen atoms in total. The first kappa shape index (κ1) is 11.8. The van der Waals surface area contributed by atoms with E-state index in [4.69, 9.17) is 0 Å². The number of hydrogen-bond donors (Lipinski definition) is 1. The summed E-state index contributed by atoms with van der Waals surface area (Å²) in [6.45, 7) is 4.64. The minimum Gasteiger partial charge on any atom is -0.310 e. The molecule has 2 rings (SSSR count). The SMILES string of the molecule is CCNCc1ncn(CCc2ccccc2)n1. The van der Waals surface area contributed by atoms with Crippen LogP contribution in [0, 0.1) is 0 Å². The van der Waals surface area contributed by atoms with Crippen molar-refractivity contribution in [1.82, 2.24) is 20.1 Å². The summed E-state index contributed by atoms with van der Waals surface area (Å²) < 4.78 is 1.90. The molecule has 90 valence electrons. The van der Waals surface area contributed by atoms with E-state index in [1.165, 1.54) is 5.56 Å². The minimum absolute atomic E-state index is 0.745. The van der Waals surface area contributed by atoms with Gasteiger partial charge in [0.25, 0.3) is 0 Å². The van der Waals surface area contributed by atoms with Gasteiger partial charge in [0.15, 0.2) is 5.82 Å². The maximum atomic E-state index is 4.41. The van der Waals surface area contributed by atoms with Gasteiger partial charge in [0, 0.05) is 6.54 Å². The number of nitrogens with one attached hydrogen (secondary N) is 1. The van der Waals surface area contributed by atoms with Gasteiger partial charge in [-0.05, 0) is 18.5 Å². The van der Waals surface area contributed by atoms with E-state index in [1.807, 2.05) is 10.7 Å². The highest BCUT2D eigenvalue weighted by atomic mass is 15.3. The minimum atomic E-state index is 0.745. The van der Waals surface area contributed by atoms with Crippen LogP contribution in [0.1, 0.15) is 18.3 Å². The predicted molar refractivity (Wildman–Crippen MR) is 67.5 cm³/mol. The summed E-state index contributed by atoms with van der Waals surface area (Å²) in [5, 5.41) is 7.62. The molecule has 1 aromatic carbocycles. The van der Waals surface area contributed by atoms with Crippen molar-refractivity contribution in [1.29, 1.82) is 0 Å². The van der Waals surface area contributed by atoms with E-state index in [-0.39, 0.29) is 0 Å². The van der Waals surface area contributed by atoms with Gasteiger partial charge in [-0.25, -0.2) is 4.98 Å². The normalized spacial score (nSPS) is 10.6. The Kier molecular flexibility index (Phi) is 4.27. The number of benzene rings is 1. The van der Waals surface area contributed by atoms with Crippen LogP contribution in [-0.2, 0) is 19.5 Å². The molecule has 4 heteroatoms. The lowest BCUT2D eigenvalue weighted by molar-refractivity contribution is 0.595. The van der Waals surface area contributed by atoms with Crippen LogP contribution in [0.3, 0.4) is 0 Å². The van der Waals surface area contributed by atoms with Crippen LogP contribution in [0.2, 0.25) is 0 Å². The lowest BCUT2D eigenvalue weighted by Crippen LogP contribution is -2.13. The quantitative estimate of drug-likeness (QED) is 0.820. The molecule has 0 fully saturated rings. The zero-order valence-corrected chi connectivity index (χ0v) is 10.1. The number of hydrogen-bond acceptors (Lipinski definition) is 3. The van der Waals surface area contributed by atoms with Gasteiger partial charge in [-0.1, -0.05) is 37.3 Å². The van der Waals surface area contributed by atoms with Crippen LogP contribution in [0.15, 0.2) is 36.7 Å². The summed E-state index contributed by atoms with van der Waals surface area (Å²) in [6.07, 6.45) is 2.79. The summed E-state index contributed by atoms with van der Waals surface area (Å²) >= 11 is 0. The topological polar surface area (TPSA) is 42.7 Å². The molecule has 0 aliphatic carbocycles. The lowest BCUT2D eigenvalue weighted by atomic mass is 10.2. The maximum Gasteiger partial charge on any atom is 0.164 e. The molecule has 0 aliphatic heterocycles. The van der Waals surface area contributed by atoms with Crippen molar-refractivity contribution in [2.24, 2.45) is 0 Å². The van der Waals surface area contributed by atoms with Gasteiger partial charge in [-0.3, -0.25) is 4.68 Å². The Labute approximate surface area is 102 Å². The Bertz CT molecular complexity index is 436. The van der Waals surface area contributed by atoms with Crippen molar-refractivity contribution in [3.05, 3.63) is 48.0 Å². The summed E-state index contributed by atoms with van der Waals surface area (Å²) in [6, 6.07) is 10.4. The van der Waals surface area contributed by atoms with E-state index in [9.17, 15) is 0 Å². The Morgan fingerprint density at radius 3 is 2.82 bits per heavy atom. The molecule has 0 radical (unpaired) electrons. The van der Waals surface area contributed by atoms with Crippen molar-refractivity contribution in [3.8, 4) is 0 Å². The monoisotopic (exact) mass is 230 g/mol. The number of rotatable bonds is 6. The molecular weight excluding hydrogens is 212 g/mol. The second kappa shape index (κ2) is 6.15. The van der Waals surface area contributed by atoms with Gasteiger partial charge >= 0.3 is 0 Å². The Balaban J connectivity index is 1.85. The number of nitrogens with zero attached hydrogens (tertiary/aromatic N) is 3. The first-order chi connectivity index (χ1) is 8.38. The average molecular weight is 230 g/mol. The first-order valence-electron chi connectivity index (χ1n) is 6.01. The van der Waals surface area contributed by atoms with E-state index in [1.54, 1.807) is 6.33 Å². The molecular formula is C13H18N4. The summed E-state index contributed by atoms with van der Waals surface area (Å²) in [4.78, 5) is 4.26. The Hall–Kier alpha value is -1.68. The molecule has 1 aromatic heterocycles. The second-order valence-electron chi connectivity index (χ2n) is 3.94. The first-order valence-corrected chi connectivity index (χ1v) is 6.01. The smallest absolute Gasteiger partial charge is 0.164 e. The van der Waals surface area contributed by atoms with Crippen LogP contribution in [0.4, 0.5) is 0 Å². The maximum absolute atomic E-state index is 4.41. The molecule has 0 unspecified atom stereocenters. The van der Waals surface area contributed by atoms with Crippen LogP contribution in [0.5, 0.6) is 0 Å². The van der Waals surface area contributed by atoms with Crippen molar-refractivity contribution >= 4 is 0 Å². The molecule has 0 saturated heterocycles. The van der Waals surface area contributed by atoms with Crippen molar-refractivity contribution in [3.63, 3.8) is 0 Å². The summed E-state index contributed by atoms with van der Waals surface area (Å²) in [7, 11) is 0. The fourth-order valence-corrected chi connectivity index (χ4v) is 1.65. The second-order valence-corrected chi connectivity index (χ2v) is 3.94. The third-order valence-corrected chi connectivity index (χ3v) is 2.59. The van der Waals surface area contributed by atoms with Crippen LogP contribution in [0.25, 0.3) is 0 Å². The largest absolute Gasteiger partial charge is 0.310 e. The number of aromatic nitrogens is 3. The summed E-state index contributed by atoms with van der Waals surface area (Å²) in [5.74, 6) is 0.861. The fourth-order valence-electron chi connectivity index (χ4n) is 1.65. The highest BCUT2D eigenvalue weighted by Crippen LogP contribution is 2.01. The van der Waals surface area contributed by atoms with E-state index >= 15 is 0 Å². The standard InChI is InChI=1S/C13H18N4/c1-2-14-10-13-15-11-17(16-13)9-8-12-6-4-3-5-7-12/h3-7,11,14H,2,8-10H2,1H3. The molecule has 17 heavy (non-hydrogen) atoms. The highest BCUT2D eigenvalue weighted by Gasteiger charge is 2.00. The molecule has 1 heterocycles. The third kappa shape index (κ3) is 3.67. The Morgan fingerprint density at radius 1 is 1.24 bits per heavy atom. The zero-order valence-electron chi connectivity index (χ0n) is 10.1. The van der Waals surface area contributed by atoms with Gasteiger partial charge in [0.1, 0.15) is 6.33 Å². The predicted octanol–water partition coefficient (Wildman–Crippen LogP) is 1.63. The van der Waals surface area contributed by atoms with Gasteiger partial charge in [0.2, 0.25) is 0 Å². The molecule has 2 aromatic rings. The Morgan fingerprint density at radius 2 is 2.06 bits per heavy atom. The van der Waals surface area contributed by atoms with Crippen molar-refractivity contribution in [2.75, 3.05) is 6.54 Å². The van der Waals surface area contributed by atoms with Crippen LogP contribution >= 0.6 is 0 Å². The molecule has 0 amide bonds. The van der Waals surface area contributed by atoms with E-state index in [0.717, 1.165) is 31.9 Å². The van der Waals surface area contributed by atoms with Crippen molar-refractivity contribution < 1.29 is 0 Å². The van der Waals surface area contributed by atoms with Crippen molar-refractivity contribution in [2.45, 2.75) is 26.4 Å². The van der Waals surface area contributed by atoms with Gasteiger partial charge in [-0.2, -0.15) is 5.10 Å². The van der Waals surface area contributed by atoms with E-state index in [0.29, 0.717) is 0 Å². The van der Waals surface area contributed by atoms with E-state index < -0.39 is 0 Å². The molecule has 1 N–H and O–H groups in total. The molecule has 0 aliphatic rings. The summed E-state index contributed by atoms with van der Waals surface area (Å²) in [5.41, 5.74) is 1.33. The van der Waals surface area contributed by atoms with Gasteiger partial charge in [-0.15, -0.1) is 0 Å². The van der Waals surface area contributed by atoms with Gasteiger partial charge < -0.3 is 5.32 Å². The molecule has 0 spiro atoms. The van der Waals surface area contributed by atoms with Crippen LogP contribution < -0.4 is 5.32 Å². The highest BCUT2D eigenvalue weighted by molar-refractivity contribution is 5.14. The zero-order chi connectivity index (χ0) is 11.9. The third-order valence-electron chi connectivity index (χ3n) is 2.59. The molecule has 0 bridgehead atoms. The van der Waals surface area contributed by atoms with E-state index in [2.05, 4.69) is 46.6 Å². The molecule has 0 atom stereocenters. The fraction of sp³-hybridized carbons (Fsp3) is 0.385. The lowest BCUT2D eigenvalue weighted by Gasteiger charge is -2.01. The number of aryl methyl sites for hydroxylation is 2.